The second-order valence-electron chi connectivity index (χ2n) is 8.28. The van der Waals surface area contributed by atoms with Crippen LogP contribution in [-0.2, 0) is 14.3 Å². The fourth-order valence-electron chi connectivity index (χ4n) is 4.79. The Bertz CT molecular complexity index is 1110. The minimum Gasteiger partial charge on any atom is -0.497 e. The van der Waals surface area contributed by atoms with Crippen LogP contribution in [0.4, 0.5) is 0 Å². The van der Waals surface area contributed by atoms with Gasteiger partial charge in [-0.1, -0.05) is 24.3 Å². The minimum atomic E-state index is -0.478. The van der Waals surface area contributed by atoms with Gasteiger partial charge in [-0.05, 0) is 61.6 Å². The fraction of sp³-hybridized carbons (Fsp3) is 0.333. The van der Waals surface area contributed by atoms with Gasteiger partial charge in [0.1, 0.15) is 11.5 Å². The molecule has 2 aliphatic rings. The van der Waals surface area contributed by atoms with Gasteiger partial charge < -0.3 is 19.5 Å². The number of nitrogens with one attached hydrogen (secondary N) is 1. The fourth-order valence-corrected chi connectivity index (χ4v) is 4.79. The minimum absolute atomic E-state index is 0.0392. The maximum atomic E-state index is 13.5. The van der Waals surface area contributed by atoms with Crippen LogP contribution in [0.2, 0.25) is 0 Å². The first-order valence-corrected chi connectivity index (χ1v) is 11.2. The van der Waals surface area contributed by atoms with Crippen molar-refractivity contribution in [2.45, 2.75) is 38.5 Å². The molecule has 0 saturated carbocycles. The zero-order chi connectivity index (χ0) is 23.5. The van der Waals surface area contributed by atoms with Crippen molar-refractivity contribution in [2.24, 2.45) is 0 Å². The molecule has 0 bridgehead atoms. The molecule has 0 spiro atoms. The Labute approximate surface area is 194 Å². The molecule has 2 aromatic rings. The molecule has 0 aromatic heterocycles. The third-order valence-corrected chi connectivity index (χ3v) is 6.34. The number of hydrogen-bond acceptors (Lipinski definition) is 6. The van der Waals surface area contributed by atoms with Gasteiger partial charge in [-0.25, -0.2) is 4.79 Å². The van der Waals surface area contributed by atoms with Crippen LogP contribution in [0.25, 0.3) is 0 Å². The molecule has 6 nitrogen and oxygen atoms in total. The summed E-state index contributed by atoms with van der Waals surface area (Å²) in [5.74, 6) is 0.720. The lowest BCUT2D eigenvalue weighted by molar-refractivity contribution is -0.136. The van der Waals surface area contributed by atoms with Crippen LogP contribution in [0, 0.1) is 0 Å². The molecule has 2 aromatic carbocycles. The van der Waals surface area contributed by atoms with Gasteiger partial charge >= 0.3 is 5.97 Å². The zero-order valence-corrected chi connectivity index (χ0v) is 19.4. The summed E-state index contributed by atoms with van der Waals surface area (Å²) in [4.78, 5) is 26.3. The van der Waals surface area contributed by atoms with Crippen LogP contribution in [0.15, 0.2) is 71.1 Å². The molecule has 0 unspecified atom stereocenters. The first-order valence-electron chi connectivity index (χ1n) is 11.2. The van der Waals surface area contributed by atoms with Gasteiger partial charge in [-0.15, -0.1) is 0 Å². The Kier molecular flexibility index (Phi) is 6.54. The average Bonchev–Trinajstić information content (AvgIpc) is 2.83. The Morgan fingerprint density at radius 2 is 1.61 bits per heavy atom. The topological polar surface area (TPSA) is 73.9 Å². The third kappa shape index (κ3) is 4.38. The van der Waals surface area contributed by atoms with E-state index in [4.69, 9.17) is 14.2 Å². The van der Waals surface area contributed by atoms with Crippen LogP contribution in [0.5, 0.6) is 11.5 Å². The van der Waals surface area contributed by atoms with Crippen molar-refractivity contribution in [3.8, 4) is 11.5 Å². The molecule has 172 valence electrons. The van der Waals surface area contributed by atoms with Gasteiger partial charge in [-0.3, -0.25) is 4.79 Å². The van der Waals surface area contributed by atoms with E-state index in [9.17, 15) is 9.59 Å². The highest BCUT2D eigenvalue weighted by Crippen LogP contribution is 2.46. The Hall–Kier alpha value is -3.54. The molecule has 1 aliphatic carbocycles. The molecule has 0 radical (unpaired) electrons. The van der Waals surface area contributed by atoms with Crippen LogP contribution < -0.4 is 14.8 Å². The number of ether oxygens (including phenoxy) is 3. The molecule has 6 heteroatoms. The molecule has 0 fully saturated rings. The Morgan fingerprint density at radius 1 is 0.970 bits per heavy atom. The first kappa shape index (κ1) is 22.6. The van der Waals surface area contributed by atoms with Crippen LogP contribution in [-0.4, -0.2) is 32.6 Å². The number of allylic oxidation sites excluding steroid dienone is 3. The maximum absolute atomic E-state index is 13.5. The van der Waals surface area contributed by atoms with E-state index in [0.29, 0.717) is 36.3 Å². The number of esters is 1. The lowest BCUT2D eigenvalue weighted by Crippen LogP contribution is -2.36. The van der Waals surface area contributed by atoms with Crippen molar-refractivity contribution in [1.82, 2.24) is 5.32 Å². The van der Waals surface area contributed by atoms with Gasteiger partial charge in [-0.2, -0.15) is 0 Å². The van der Waals surface area contributed by atoms with Crippen molar-refractivity contribution in [3.63, 3.8) is 0 Å². The smallest absolute Gasteiger partial charge is 0.336 e. The molecule has 1 aliphatic heterocycles. The summed E-state index contributed by atoms with van der Waals surface area (Å²) in [5, 5.41) is 3.36. The standard InChI is InChI=1S/C27H29NO5/c1-5-33-21-12-8-18(9-13-21)25-24(27(30)32-4)16(2)28-22-14-19(15-23(29)26(22)25)17-6-10-20(31-3)11-7-17/h6-13,19,25,28H,5,14-15H2,1-4H3/t19-,25+/m1/s1. The van der Waals surface area contributed by atoms with Gasteiger partial charge in [0.05, 0.1) is 26.4 Å². The van der Waals surface area contributed by atoms with E-state index in [2.05, 4.69) is 5.32 Å². The summed E-state index contributed by atoms with van der Waals surface area (Å²) in [5.41, 5.74) is 4.66. The highest BCUT2D eigenvalue weighted by Gasteiger charge is 2.41. The van der Waals surface area contributed by atoms with E-state index < -0.39 is 11.9 Å². The molecular weight excluding hydrogens is 418 g/mol. The molecule has 33 heavy (non-hydrogen) atoms. The summed E-state index contributed by atoms with van der Waals surface area (Å²) in [7, 11) is 3.00. The van der Waals surface area contributed by atoms with E-state index in [1.54, 1.807) is 7.11 Å². The number of carbonyl (C=O) groups excluding carboxylic acids is 2. The van der Waals surface area contributed by atoms with Gasteiger partial charge in [0.15, 0.2) is 5.78 Å². The average molecular weight is 448 g/mol. The number of ketones is 1. The zero-order valence-electron chi connectivity index (χ0n) is 19.4. The summed E-state index contributed by atoms with van der Waals surface area (Å²) >= 11 is 0. The lowest BCUT2D eigenvalue weighted by Gasteiger charge is -2.36. The van der Waals surface area contributed by atoms with Crippen molar-refractivity contribution < 1.29 is 23.8 Å². The molecule has 1 heterocycles. The van der Waals surface area contributed by atoms with Crippen molar-refractivity contribution in [1.29, 1.82) is 0 Å². The van der Waals surface area contributed by atoms with Crippen LogP contribution in [0.3, 0.4) is 0 Å². The predicted octanol–water partition coefficient (Wildman–Crippen LogP) is 4.63. The lowest BCUT2D eigenvalue weighted by atomic mass is 9.71. The van der Waals surface area contributed by atoms with Crippen molar-refractivity contribution >= 4 is 11.8 Å². The highest BCUT2D eigenvalue weighted by atomic mass is 16.5. The number of benzene rings is 2. The normalized spacial score (nSPS) is 20.2. The molecule has 0 amide bonds. The maximum Gasteiger partial charge on any atom is 0.336 e. The third-order valence-electron chi connectivity index (χ3n) is 6.34. The van der Waals surface area contributed by atoms with Crippen molar-refractivity contribution in [3.05, 3.63) is 82.2 Å². The van der Waals surface area contributed by atoms with Crippen LogP contribution in [0.1, 0.15) is 49.7 Å². The molecule has 1 N–H and O–H groups in total. The Balaban J connectivity index is 1.74. The van der Waals surface area contributed by atoms with E-state index in [1.807, 2.05) is 62.4 Å². The van der Waals surface area contributed by atoms with Gasteiger partial charge in [0, 0.05) is 29.3 Å². The van der Waals surface area contributed by atoms with E-state index >= 15 is 0 Å². The van der Waals surface area contributed by atoms with Gasteiger partial charge in [0.2, 0.25) is 0 Å². The highest BCUT2D eigenvalue weighted by molar-refractivity contribution is 6.04. The molecule has 2 atom stereocenters. The van der Waals surface area contributed by atoms with Crippen molar-refractivity contribution in [2.75, 3.05) is 20.8 Å². The summed E-state index contributed by atoms with van der Waals surface area (Å²) < 4.78 is 15.9. The molecule has 0 saturated heterocycles. The largest absolute Gasteiger partial charge is 0.497 e. The van der Waals surface area contributed by atoms with Gasteiger partial charge in [0.25, 0.3) is 0 Å². The second kappa shape index (κ2) is 9.53. The number of hydrogen-bond donors (Lipinski definition) is 1. The number of methoxy groups -OCH3 is 2. The second-order valence-corrected chi connectivity index (χ2v) is 8.28. The summed E-state index contributed by atoms with van der Waals surface area (Å²) in [6.07, 6.45) is 1.07. The van der Waals surface area contributed by atoms with E-state index in [1.165, 1.54) is 7.11 Å². The number of dihydropyridines is 1. The number of carbonyl (C=O) groups is 2. The number of Topliss-reactive ketones (excluding diaryl/α,β-unsaturated/α-hetero) is 1. The Morgan fingerprint density at radius 3 is 2.21 bits per heavy atom. The van der Waals surface area contributed by atoms with E-state index in [0.717, 1.165) is 28.3 Å². The monoisotopic (exact) mass is 447 g/mol. The molecule has 4 rings (SSSR count). The summed E-state index contributed by atoms with van der Waals surface area (Å²) in [6, 6.07) is 15.4. The molecular formula is C27H29NO5. The van der Waals surface area contributed by atoms with Crippen LogP contribution >= 0.6 is 0 Å². The van der Waals surface area contributed by atoms with E-state index in [-0.39, 0.29) is 11.7 Å². The first-order chi connectivity index (χ1) is 16.0. The predicted molar refractivity (Wildman–Crippen MR) is 125 cm³/mol. The number of rotatable bonds is 6. The quantitative estimate of drug-likeness (QED) is 0.651. The summed E-state index contributed by atoms with van der Waals surface area (Å²) in [6.45, 7) is 4.36. The SMILES string of the molecule is CCOc1ccc([C@H]2C(C(=O)OC)=C(C)NC3=C2C(=O)C[C@H](c2ccc(OC)cc2)C3)cc1.